The van der Waals surface area contributed by atoms with Crippen molar-refractivity contribution in [3.8, 4) is 0 Å². The lowest BCUT2D eigenvalue weighted by Gasteiger charge is -2.07. The van der Waals surface area contributed by atoms with Gasteiger partial charge in [0.1, 0.15) is 0 Å². The van der Waals surface area contributed by atoms with Gasteiger partial charge in [0, 0.05) is 30.4 Å². The van der Waals surface area contributed by atoms with E-state index in [1.807, 2.05) is 19.2 Å². The molecule has 68 valence electrons. The number of hydrogen-bond donors (Lipinski definition) is 1. The van der Waals surface area contributed by atoms with Crippen molar-refractivity contribution < 1.29 is 0 Å². The second-order valence-electron chi connectivity index (χ2n) is 3.38. The first-order valence-corrected chi connectivity index (χ1v) is 4.42. The number of fused-ring (bicyclic) bond motifs is 1. The third-order valence-corrected chi connectivity index (χ3v) is 2.06. The smallest absolute Gasteiger partial charge is 0.0667 e. The van der Waals surface area contributed by atoms with Crippen LogP contribution in [0.15, 0.2) is 30.7 Å². The summed E-state index contributed by atoms with van der Waals surface area (Å²) in [4.78, 5) is 4.09. The Morgan fingerprint density at radius 3 is 3.15 bits per heavy atom. The second-order valence-corrected chi connectivity index (χ2v) is 3.38. The highest BCUT2D eigenvalue weighted by Gasteiger charge is 2.01. The molecule has 3 heteroatoms. The Hall–Kier alpha value is -1.35. The predicted molar refractivity (Wildman–Crippen MR) is 53.4 cm³/mol. The highest BCUT2D eigenvalue weighted by Crippen LogP contribution is 2.13. The maximum atomic E-state index is 5.73. The number of nitrogens with zero attached hydrogens (tertiary/aromatic N) is 2. The normalized spacial score (nSPS) is 13.4. The van der Waals surface area contributed by atoms with Gasteiger partial charge >= 0.3 is 0 Å². The molecule has 13 heavy (non-hydrogen) atoms. The number of rotatable bonds is 2. The summed E-state index contributed by atoms with van der Waals surface area (Å²) in [5, 5.41) is 1.22. The number of hydrogen-bond acceptors (Lipinski definition) is 2. The summed E-state index contributed by atoms with van der Waals surface area (Å²) < 4.78 is 2.13. The van der Waals surface area contributed by atoms with Gasteiger partial charge in [-0.15, -0.1) is 0 Å². The fraction of sp³-hybridized carbons (Fsp3) is 0.300. The van der Waals surface area contributed by atoms with Crippen LogP contribution in [0.25, 0.3) is 10.9 Å². The molecule has 0 aromatic carbocycles. The topological polar surface area (TPSA) is 43.8 Å². The van der Waals surface area contributed by atoms with E-state index in [2.05, 4.69) is 21.8 Å². The zero-order valence-electron chi connectivity index (χ0n) is 7.64. The molecule has 3 nitrogen and oxygen atoms in total. The zero-order chi connectivity index (χ0) is 9.26. The monoisotopic (exact) mass is 175 g/mol. The van der Waals surface area contributed by atoms with Crippen molar-refractivity contribution in [1.29, 1.82) is 0 Å². The molecule has 1 atom stereocenters. The maximum absolute atomic E-state index is 5.73. The van der Waals surface area contributed by atoms with Gasteiger partial charge in [-0.1, -0.05) is 0 Å². The summed E-state index contributed by atoms with van der Waals surface area (Å²) in [6.45, 7) is 2.84. The van der Waals surface area contributed by atoms with Crippen molar-refractivity contribution in [2.45, 2.75) is 19.5 Å². The minimum atomic E-state index is 0.177. The molecule has 0 spiro atoms. The van der Waals surface area contributed by atoms with Crippen molar-refractivity contribution in [3.63, 3.8) is 0 Å². The van der Waals surface area contributed by atoms with Gasteiger partial charge in [-0.25, -0.2) is 0 Å². The fourth-order valence-corrected chi connectivity index (χ4v) is 1.50. The molecule has 2 N–H and O–H groups in total. The van der Waals surface area contributed by atoms with E-state index in [0.717, 1.165) is 12.1 Å². The zero-order valence-corrected chi connectivity index (χ0v) is 7.64. The van der Waals surface area contributed by atoms with Crippen molar-refractivity contribution in [3.05, 3.63) is 30.7 Å². The second kappa shape index (κ2) is 3.18. The summed E-state index contributed by atoms with van der Waals surface area (Å²) in [5.74, 6) is 0. The third kappa shape index (κ3) is 1.55. The lowest BCUT2D eigenvalue weighted by atomic mass is 10.3. The van der Waals surface area contributed by atoms with E-state index in [0.29, 0.717) is 0 Å². The highest BCUT2D eigenvalue weighted by atomic mass is 15.0. The summed E-state index contributed by atoms with van der Waals surface area (Å²) in [6.07, 6.45) is 5.73. The number of pyridine rings is 1. The Morgan fingerprint density at radius 1 is 1.54 bits per heavy atom. The van der Waals surface area contributed by atoms with Crippen LogP contribution in [-0.4, -0.2) is 15.6 Å². The van der Waals surface area contributed by atoms with Gasteiger partial charge in [-0.05, 0) is 19.1 Å². The molecular weight excluding hydrogens is 162 g/mol. The van der Waals surface area contributed by atoms with Gasteiger partial charge in [-0.2, -0.15) is 0 Å². The van der Waals surface area contributed by atoms with Gasteiger partial charge < -0.3 is 10.3 Å². The standard InChI is InChI=1S/C10H13N3/c1-8(11)7-13-5-3-9-2-4-12-6-10(9)13/h2-6,8H,7,11H2,1H3. The number of nitrogens with two attached hydrogens (primary N) is 1. The van der Waals surface area contributed by atoms with Gasteiger partial charge in [0.25, 0.3) is 0 Å². The summed E-state index contributed by atoms with van der Waals surface area (Å²) in [7, 11) is 0. The Bertz CT molecular complexity index is 403. The van der Waals surface area contributed by atoms with Crippen LogP contribution in [0.1, 0.15) is 6.92 Å². The van der Waals surface area contributed by atoms with Crippen LogP contribution < -0.4 is 5.73 Å². The lowest BCUT2D eigenvalue weighted by molar-refractivity contribution is 0.605. The summed E-state index contributed by atoms with van der Waals surface area (Å²) >= 11 is 0. The first-order valence-electron chi connectivity index (χ1n) is 4.42. The van der Waals surface area contributed by atoms with Gasteiger partial charge in [-0.3, -0.25) is 4.98 Å². The SMILES string of the molecule is CC(N)Cn1ccc2ccncc21. The fourth-order valence-electron chi connectivity index (χ4n) is 1.50. The molecule has 1 unspecified atom stereocenters. The van der Waals surface area contributed by atoms with Crippen LogP contribution in [0, 0.1) is 0 Å². The molecule has 2 heterocycles. The molecule has 0 aliphatic carbocycles. The van der Waals surface area contributed by atoms with E-state index in [1.165, 1.54) is 5.39 Å². The molecule has 0 amide bonds. The Labute approximate surface area is 77.2 Å². The molecule has 2 rings (SSSR count). The molecule has 2 aromatic rings. The van der Waals surface area contributed by atoms with Crippen LogP contribution in [0.2, 0.25) is 0 Å². The van der Waals surface area contributed by atoms with Gasteiger partial charge in [0.15, 0.2) is 0 Å². The average Bonchev–Trinajstić information content (AvgIpc) is 2.48. The van der Waals surface area contributed by atoms with E-state index in [4.69, 9.17) is 5.73 Å². The highest BCUT2D eigenvalue weighted by molar-refractivity contribution is 5.78. The van der Waals surface area contributed by atoms with E-state index >= 15 is 0 Å². The van der Waals surface area contributed by atoms with Crippen LogP contribution >= 0.6 is 0 Å². The van der Waals surface area contributed by atoms with Crippen molar-refractivity contribution in [1.82, 2.24) is 9.55 Å². The van der Waals surface area contributed by atoms with Crippen LogP contribution in [0.4, 0.5) is 0 Å². The molecular formula is C10H13N3. The maximum Gasteiger partial charge on any atom is 0.0667 e. The summed E-state index contributed by atoms with van der Waals surface area (Å²) in [5.41, 5.74) is 6.89. The Balaban J connectivity index is 2.46. The van der Waals surface area contributed by atoms with E-state index < -0.39 is 0 Å². The van der Waals surface area contributed by atoms with E-state index in [1.54, 1.807) is 6.20 Å². The van der Waals surface area contributed by atoms with Crippen LogP contribution in [-0.2, 0) is 6.54 Å². The first-order chi connectivity index (χ1) is 6.27. The largest absolute Gasteiger partial charge is 0.345 e. The van der Waals surface area contributed by atoms with E-state index in [-0.39, 0.29) is 6.04 Å². The predicted octanol–water partition coefficient (Wildman–Crippen LogP) is 1.38. The van der Waals surface area contributed by atoms with Crippen molar-refractivity contribution in [2.75, 3.05) is 0 Å². The minimum absolute atomic E-state index is 0.177. The first kappa shape index (κ1) is 8.26. The van der Waals surface area contributed by atoms with Crippen molar-refractivity contribution in [2.24, 2.45) is 5.73 Å². The molecule has 0 saturated carbocycles. The van der Waals surface area contributed by atoms with Gasteiger partial charge in [0.05, 0.1) is 11.7 Å². The molecule has 0 aliphatic heterocycles. The average molecular weight is 175 g/mol. The molecule has 0 fully saturated rings. The van der Waals surface area contributed by atoms with Crippen LogP contribution in [0.5, 0.6) is 0 Å². The Kier molecular flexibility index (Phi) is 2.02. The molecule has 0 aliphatic rings. The van der Waals surface area contributed by atoms with Gasteiger partial charge in [0.2, 0.25) is 0 Å². The quantitative estimate of drug-likeness (QED) is 0.749. The third-order valence-electron chi connectivity index (χ3n) is 2.06. The molecule has 0 bridgehead atoms. The molecule has 0 saturated heterocycles. The molecule has 2 aromatic heterocycles. The minimum Gasteiger partial charge on any atom is -0.345 e. The lowest BCUT2D eigenvalue weighted by Crippen LogP contribution is -2.21. The Morgan fingerprint density at radius 2 is 2.38 bits per heavy atom. The summed E-state index contributed by atoms with van der Waals surface area (Å²) in [6, 6.07) is 4.27. The molecule has 0 radical (unpaired) electrons. The van der Waals surface area contributed by atoms with Crippen molar-refractivity contribution >= 4 is 10.9 Å². The van der Waals surface area contributed by atoms with E-state index in [9.17, 15) is 0 Å². The number of aromatic nitrogens is 2. The van der Waals surface area contributed by atoms with Crippen LogP contribution in [0.3, 0.4) is 0 Å².